The van der Waals surface area contributed by atoms with Crippen molar-refractivity contribution in [1.82, 2.24) is 13.9 Å². The lowest BCUT2D eigenvalue weighted by Crippen LogP contribution is -2.44. The zero-order chi connectivity index (χ0) is 12.7. The molecule has 2 aliphatic rings. The molecule has 0 aromatic rings. The topological polar surface area (TPSA) is 52.7 Å². The third kappa shape index (κ3) is 2.82. The van der Waals surface area contributed by atoms with E-state index in [9.17, 15) is 8.42 Å². The summed E-state index contributed by atoms with van der Waals surface area (Å²) in [5.74, 6) is 0. The van der Waals surface area contributed by atoms with Crippen LogP contribution in [0, 0.1) is 5.41 Å². The molecule has 18 heavy (non-hydrogen) atoms. The fraction of sp³-hybridized carbons (Fsp3) is 1.00. The molecule has 1 atom stereocenters. The summed E-state index contributed by atoms with van der Waals surface area (Å²) in [6.45, 7) is 7.14. The highest BCUT2D eigenvalue weighted by Crippen LogP contribution is 2.37. The van der Waals surface area contributed by atoms with E-state index in [4.69, 9.17) is 0 Å². The van der Waals surface area contributed by atoms with Gasteiger partial charge >= 0.3 is 0 Å². The van der Waals surface area contributed by atoms with Crippen LogP contribution >= 0.6 is 12.4 Å². The molecular formula is C11H24ClN3O2S. The average Bonchev–Trinajstić information content (AvgIpc) is 2.89. The van der Waals surface area contributed by atoms with Gasteiger partial charge in [0.05, 0.1) is 0 Å². The fourth-order valence-electron chi connectivity index (χ4n) is 2.68. The molecule has 0 aromatic carbocycles. The van der Waals surface area contributed by atoms with Gasteiger partial charge in [0.15, 0.2) is 0 Å². The third-order valence-electron chi connectivity index (χ3n) is 4.15. The Morgan fingerprint density at radius 3 is 2.50 bits per heavy atom. The van der Waals surface area contributed by atoms with Crippen molar-refractivity contribution in [3.8, 4) is 0 Å². The number of rotatable bonds is 3. The molecule has 2 heterocycles. The van der Waals surface area contributed by atoms with Crippen LogP contribution in [0.4, 0.5) is 0 Å². The Morgan fingerprint density at radius 2 is 2.00 bits per heavy atom. The second-order valence-corrected chi connectivity index (χ2v) is 7.62. The van der Waals surface area contributed by atoms with E-state index in [0.29, 0.717) is 13.1 Å². The first-order valence-electron chi connectivity index (χ1n) is 6.31. The van der Waals surface area contributed by atoms with Crippen LogP contribution in [0.3, 0.4) is 0 Å². The maximum atomic E-state index is 12.3. The van der Waals surface area contributed by atoms with Crippen molar-refractivity contribution in [2.24, 2.45) is 5.41 Å². The largest absolute Gasteiger partial charge is 0.316 e. The van der Waals surface area contributed by atoms with Crippen LogP contribution in [0.15, 0.2) is 0 Å². The monoisotopic (exact) mass is 297 g/mol. The summed E-state index contributed by atoms with van der Waals surface area (Å²) in [4.78, 5) is 0. The maximum Gasteiger partial charge on any atom is 0.281 e. The minimum Gasteiger partial charge on any atom is -0.316 e. The molecule has 0 radical (unpaired) electrons. The fourth-order valence-corrected chi connectivity index (χ4v) is 4.34. The Balaban J connectivity index is 0.00000162. The summed E-state index contributed by atoms with van der Waals surface area (Å²) in [6, 6.07) is 0.0123. The Hall–Kier alpha value is 0.120. The lowest BCUT2D eigenvalue weighted by molar-refractivity contribution is 0.316. The van der Waals surface area contributed by atoms with Crippen LogP contribution in [0.1, 0.15) is 26.7 Å². The first-order chi connectivity index (χ1) is 7.87. The van der Waals surface area contributed by atoms with E-state index in [0.717, 1.165) is 25.9 Å². The van der Waals surface area contributed by atoms with Gasteiger partial charge in [0.25, 0.3) is 10.2 Å². The molecule has 0 saturated carbocycles. The average molecular weight is 298 g/mol. The maximum absolute atomic E-state index is 12.3. The van der Waals surface area contributed by atoms with Crippen molar-refractivity contribution < 1.29 is 8.42 Å². The molecule has 1 spiro atoms. The van der Waals surface area contributed by atoms with Crippen molar-refractivity contribution in [2.45, 2.75) is 32.7 Å². The van der Waals surface area contributed by atoms with Gasteiger partial charge in [-0.25, -0.2) is 0 Å². The molecule has 0 bridgehead atoms. The van der Waals surface area contributed by atoms with Gasteiger partial charge < -0.3 is 5.32 Å². The second-order valence-electron chi connectivity index (χ2n) is 5.63. The first-order valence-corrected chi connectivity index (χ1v) is 7.71. The minimum absolute atomic E-state index is 0. The van der Waals surface area contributed by atoms with Gasteiger partial charge in [-0.15, -0.1) is 12.4 Å². The van der Waals surface area contributed by atoms with Crippen molar-refractivity contribution in [3.05, 3.63) is 0 Å². The zero-order valence-corrected chi connectivity index (χ0v) is 13.0. The normalized spacial score (nSPS) is 29.4. The molecule has 0 amide bonds. The summed E-state index contributed by atoms with van der Waals surface area (Å²) in [6.07, 6.45) is 2.09. The molecule has 2 fully saturated rings. The van der Waals surface area contributed by atoms with Gasteiger partial charge in [-0.1, -0.05) is 0 Å². The summed E-state index contributed by atoms with van der Waals surface area (Å²) < 4.78 is 27.8. The van der Waals surface area contributed by atoms with Crippen LogP contribution in [-0.2, 0) is 10.2 Å². The molecule has 108 valence electrons. The molecule has 0 aromatic heterocycles. The molecule has 1 unspecified atom stereocenters. The van der Waals surface area contributed by atoms with Crippen LogP contribution in [0.2, 0.25) is 0 Å². The van der Waals surface area contributed by atoms with Gasteiger partial charge in [0, 0.05) is 32.7 Å². The number of halogens is 1. The standard InChI is InChI=1S/C11H23N3O2S.ClH/c1-10(2)13(3)17(15,16)14-7-5-11(9-14)4-6-12-8-11;/h10,12H,4-9H2,1-3H3;1H. The van der Waals surface area contributed by atoms with Gasteiger partial charge in [-0.05, 0) is 38.6 Å². The Bertz CT molecular complexity index is 380. The van der Waals surface area contributed by atoms with Crippen LogP contribution in [-0.4, -0.2) is 56.3 Å². The van der Waals surface area contributed by atoms with Gasteiger partial charge in [-0.3, -0.25) is 0 Å². The SMILES string of the molecule is CC(C)N(C)S(=O)(=O)N1CCC2(CCNC2)C1.Cl. The Morgan fingerprint density at radius 1 is 1.33 bits per heavy atom. The van der Waals surface area contributed by atoms with Crippen molar-refractivity contribution in [3.63, 3.8) is 0 Å². The van der Waals surface area contributed by atoms with E-state index in [1.807, 2.05) is 13.8 Å². The third-order valence-corrected chi connectivity index (χ3v) is 6.27. The predicted molar refractivity (Wildman–Crippen MR) is 75.2 cm³/mol. The van der Waals surface area contributed by atoms with E-state index in [-0.39, 0.29) is 23.9 Å². The van der Waals surface area contributed by atoms with Crippen LogP contribution in [0.5, 0.6) is 0 Å². The lowest BCUT2D eigenvalue weighted by atomic mass is 9.87. The predicted octanol–water partition coefficient (Wildman–Crippen LogP) is 0.679. The Labute approximate surface area is 116 Å². The summed E-state index contributed by atoms with van der Waals surface area (Å²) in [5, 5.41) is 3.34. The van der Waals surface area contributed by atoms with Crippen molar-refractivity contribution in [1.29, 1.82) is 0 Å². The van der Waals surface area contributed by atoms with E-state index < -0.39 is 10.2 Å². The molecule has 7 heteroatoms. The lowest BCUT2D eigenvalue weighted by Gasteiger charge is -2.28. The molecule has 2 aliphatic heterocycles. The number of nitrogens with one attached hydrogen (secondary N) is 1. The van der Waals surface area contributed by atoms with Gasteiger partial charge in [0.1, 0.15) is 0 Å². The van der Waals surface area contributed by atoms with Crippen molar-refractivity contribution in [2.75, 3.05) is 33.2 Å². The highest BCUT2D eigenvalue weighted by atomic mass is 35.5. The van der Waals surface area contributed by atoms with Crippen LogP contribution in [0.25, 0.3) is 0 Å². The van der Waals surface area contributed by atoms with Gasteiger partial charge in [-0.2, -0.15) is 17.0 Å². The summed E-state index contributed by atoms with van der Waals surface area (Å²) in [5.41, 5.74) is 0.199. The Kier molecular flexibility index (Phi) is 5.06. The van der Waals surface area contributed by atoms with Crippen molar-refractivity contribution >= 4 is 22.6 Å². The van der Waals surface area contributed by atoms with E-state index >= 15 is 0 Å². The molecule has 2 rings (SSSR count). The van der Waals surface area contributed by atoms with E-state index in [1.165, 1.54) is 4.31 Å². The summed E-state index contributed by atoms with van der Waals surface area (Å²) >= 11 is 0. The van der Waals surface area contributed by atoms with E-state index in [2.05, 4.69) is 5.32 Å². The molecule has 1 N–H and O–H groups in total. The minimum atomic E-state index is -3.26. The number of hydrogen-bond acceptors (Lipinski definition) is 3. The zero-order valence-electron chi connectivity index (χ0n) is 11.3. The second kappa shape index (κ2) is 5.63. The van der Waals surface area contributed by atoms with E-state index in [1.54, 1.807) is 11.4 Å². The summed E-state index contributed by atoms with van der Waals surface area (Å²) in [7, 11) is -1.60. The smallest absolute Gasteiger partial charge is 0.281 e. The van der Waals surface area contributed by atoms with Crippen LogP contribution < -0.4 is 5.32 Å². The molecule has 2 saturated heterocycles. The quantitative estimate of drug-likeness (QED) is 0.833. The highest BCUT2D eigenvalue weighted by molar-refractivity contribution is 7.86. The highest BCUT2D eigenvalue weighted by Gasteiger charge is 2.45. The number of nitrogens with zero attached hydrogens (tertiary/aromatic N) is 2. The first kappa shape index (κ1) is 16.2. The van der Waals surface area contributed by atoms with Gasteiger partial charge in [0.2, 0.25) is 0 Å². The number of hydrogen-bond donors (Lipinski definition) is 1. The molecule has 5 nitrogen and oxygen atoms in total. The molecular weight excluding hydrogens is 274 g/mol. The molecule has 0 aliphatic carbocycles.